The topological polar surface area (TPSA) is 55.8 Å². The van der Waals surface area contributed by atoms with Gasteiger partial charge in [0.05, 0.1) is 21.6 Å². The standard InChI is InChI=1S/C15H12Br2O4/c1-8-5-9(3-4-10(8)15(18)19)21-14-7-11(16)13(20-2)6-12(14)17/h3-7H,1-2H3,(H,18,19). The minimum Gasteiger partial charge on any atom is -0.496 e. The highest BCUT2D eigenvalue weighted by Gasteiger charge is 2.11. The summed E-state index contributed by atoms with van der Waals surface area (Å²) in [5.74, 6) is 0.902. The summed E-state index contributed by atoms with van der Waals surface area (Å²) in [4.78, 5) is 11.0. The molecule has 0 radical (unpaired) electrons. The Balaban J connectivity index is 2.32. The van der Waals surface area contributed by atoms with Crippen molar-refractivity contribution in [2.45, 2.75) is 6.92 Å². The largest absolute Gasteiger partial charge is 0.496 e. The molecule has 0 aliphatic heterocycles. The Morgan fingerprint density at radius 1 is 1.10 bits per heavy atom. The molecule has 21 heavy (non-hydrogen) atoms. The van der Waals surface area contributed by atoms with Crippen LogP contribution in [0.25, 0.3) is 0 Å². The molecule has 2 aromatic rings. The number of ether oxygens (including phenoxy) is 2. The van der Waals surface area contributed by atoms with E-state index in [2.05, 4.69) is 31.9 Å². The van der Waals surface area contributed by atoms with Gasteiger partial charge in [-0.25, -0.2) is 4.79 Å². The van der Waals surface area contributed by atoms with Crippen molar-refractivity contribution >= 4 is 37.8 Å². The molecule has 0 heterocycles. The minimum atomic E-state index is -0.951. The third kappa shape index (κ3) is 3.57. The lowest BCUT2D eigenvalue weighted by Crippen LogP contribution is -1.99. The summed E-state index contributed by atoms with van der Waals surface area (Å²) in [5.41, 5.74) is 0.904. The molecule has 0 aliphatic rings. The molecule has 0 aliphatic carbocycles. The van der Waals surface area contributed by atoms with Crippen LogP contribution in [0.4, 0.5) is 0 Å². The first-order chi connectivity index (χ1) is 9.92. The number of rotatable bonds is 4. The van der Waals surface area contributed by atoms with Crippen molar-refractivity contribution in [2.24, 2.45) is 0 Å². The molecule has 0 aromatic heterocycles. The van der Waals surface area contributed by atoms with E-state index in [-0.39, 0.29) is 5.56 Å². The van der Waals surface area contributed by atoms with E-state index in [4.69, 9.17) is 14.6 Å². The zero-order chi connectivity index (χ0) is 15.6. The molecular formula is C15H12Br2O4. The fourth-order valence-corrected chi connectivity index (χ4v) is 2.70. The van der Waals surface area contributed by atoms with Gasteiger partial charge in [-0.1, -0.05) is 0 Å². The first-order valence-corrected chi connectivity index (χ1v) is 7.56. The van der Waals surface area contributed by atoms with Crippen molar-refractivity contribution in [3.63, 3.8) is 0 Å². The van der Waals surface area contributed by atoms with E-state index < -0.39 is 5.97 Å². The summed E-state index contributed by atoms with van der Waals surface area (Å²) in [5, 5.41) is 9.02. The molecular weight excluding hydrogens is 404 g/mol. The van der Waals surface area contributed by atoms with Crippen molar-refractivity contribution in [3.05, 3.63) is 50.4 Å². The molecule has 1 N–H and O–H groups in total. The molecule has 0 atom stereocenters. The van der Waals surface area contributed by atoms with Crippen molar-refractivity contribution in [2.75, 3.05) is 7.11 Å². The van der Waals surface area contributed by atoms with E-state index in [9.17, 15) is 4.79 Å². The van der Waals surface area contributed by atoms with Gasteiger partial charge in [-0.15, -0.1) is 0 Å². The van der Waals surface area contributed by atoms with Gasteiger partial charge in [0.15, 0.2) is 0 Å². The fourth-order valence-electron chi connectivity index (χ4n) is 1.81. The molecule has 0 saturated carbocycles. The predicted octanol–water partition coefficient (Wildman–Crippen LogP) is 5.02. The highest BCUT2D eigenvalue weighted by atomic mass is 79.9. The maximum Gasteiger partial charge on any atom is 0.335 e. The van der Waals surface area contributed by atoms with E-state index in [1.54, 1.807) is 38.3 Å². The fraction of sp³-hybridized carbons (Fsp3) is 0.133. The Morgan fingerprint density at radius 2 is 1.71 bits per heavy atom. The van der Waals surface area contributed by atoms with E-state index in [1.807, 2.05) is 0 Å². The van der Waals surface area contributed by atoms with Gasteiger partial charge >= 0.3 is 5.97 Å². The zero-order valence-electron chi connectivity index (χ0n) is 11.3. The van der Waals surface area contributed by atoms with Crippen LogP contribution in [0.1, 0.15) is 15.9 Å². The highest BCUT2D eigenvalue weighted by Crippen LogP contribution is 2.38. The van der Waals surface area contributed by atoms with Gasteiger partial charge in [0.1, 0.15) is 17.2 Å². The molecule has 0 unspecified atom stereocenters. The first kappa shape index (κ1) is 15.9. The van der Waals surface area contributed by atoms with Crippen LogP contribution >= 0.6 is 31.9 Å². The lowest BCUT2D eigenvalue weighted by Gasteiger charge is -2.12. The Labute approximate surface area is 139 Å². The summed E-state index contributed by atoms with van der Waals surface area (Å²) < 4.78 is 12.5. The molecule has 4 nitrogen and oxygen atoms in total. The van der Waals surface area contributed by atoms with Crippen LogP contribution in [0.5, 0.6) is 17.2 Å². The van der Waals surface area contributed by atoms with Crippen molar-refractivity contribution in [1.29, 1.82) is 0 Å². The Bertz CT molecular complexity index is 698. The molecule has 0 bridgehead atoms. The van der Waals surface area contributed by atoms with E-state index in [0.717, 1.165) is 8.95 Å². The first-order valence-electron chi connectivity index (χ1n) is 5.97. The molecule has 0 amide bonds. The number of carbonyl (C=O) groups is 1. The van der Waals surface area contributed by atoms with E-state index >= 15 is 0 Å². The summed E-state index contributed by atoms with van der Waals surface area (Å²) in [6.45, 7) is 1.73. The van der Waals surface area contributed by atoms with E-state index in [0.29, 0.717) is 22.8 Å². The molecule has 110 valence electrons. The number of benzene rings is 2. The normalized spacial score (nSPS) is 10.3. The average Bonchev–Trinajstić information content (AvgIpc) is 2.42. The van der Waals surface area contributed by atoms with Gasteiger partial charge < -0.3 is 14.6 Å². The second-order valence-electron chi connectivity index (χ2n) is 4.30. The number of carboxylic acid groups (broad SMARTS) is 1. The lowest BCUT2D eigenvalue weighted by atomic mass is 10.1. The Morgan fingerprint density at radius 3 is 2.29 bits per heavy atom. The molecule has 2 aromatic carbocycles. The molecule has 0 fully saturated rings. The monoisotopic (exact) mass is 414 g/mol. The lowest BCUT2D eigenvalue weighted by molar-refractivity contribution is 0.0696. The third-order valence-electron chi connectivity index (χ3n) is 2.86. The van der Waals surface area contributed by atoms with Crippen molar-refractivity contribution in [1.82, 2.24) is 0 Å². The highest BCUT2D eigenvalue weighted by molar-refractivity contribution is 9.11. The summed E-state index contributed by atoms with van der Waals surface area (Å²) in [6, 6.07) is 8.41. The zero-order valence-corrected chi connectivity index (χ0v) is 14.5. The minimum absolute atomic E-state index is 0.261. The van der Waals surface area contributed by atoms with Crippen LogP contribution < -0.4 is 9.47 Å². The second kappa shape index (κ2) is 6.49. The van der Waals surface area contributed by atoms with Crippen molar-refractivity contribution in [3.8, 4) is 17.2 Å². The Hall–Kier alpha value is -1.53. The van der Waals surface area contributed by atoms with Crippen molar-refractivity contribution < 1.29 is 19.4 Å². The summed E-state index contributed by atoms with van der Waals surface area (Å²) in [7, 11) is 1.58. The molecule has 2 rings (SSSR count). The second-order valence-corrected chi connectivity index (χ2v) is 6.01. The number of halogens is 2. The molecule has 0 spiro atoms. The smallest absolute Gasteiger partial charge is 0.335 e. The van der Waals surface area contributed by atoms with Crippen LogP contribution in [0.2, 0.25) is 0 Å². The number of aryl methyl sites for hydroxylation is 1. The summed E-state index contributed by atoms with van der Waals surface area (Å²) in [6.07, 6.45) is 0. The number of aromatic carboxylic acids is 1. The predicted molar refractivity (Wildman–Crippen MR) is 86.6 cm³/mol. The molecule has 0 saturated heterocycles. The van der Waals surface area contributed by atoms with E-state index in [1.165, 1.54) is 6.07 Å². The van der Waals surface area contributed by atoms with Gasteiger partial charge in [-0.05, 0) is 74.7 Å². The number of methoxy groups -OCH3 is 1. The van der Waals surface area contributed by atoms with Gasteiger partial charge in [0.25, 0.3) is 0 Å². The van der Waals surface area contributed by atoms with Gasteiger partial charge in [-0.3, -0.25) is 0 Å². The van der Waals surface area contributed by atoms with Crippen LogP contribution in [-0.4, -0.2) is 18.2 Å². The van der Waals surface area contributed by atoms with Gasteiger partial charge in [-0.2, -0.15) is 0 Å². The number of hydrogen-bond donors (Lipinski definition) is 1. The van der Waals surface area contributed by atoms with Crippen LogP contribution in [0.15, 0.2) is 39.3 Å². The SMILES string of the molecule is COc1cc(Br)c(Oc2ccc(C(=O)O)c(C)c2)cc1Br. The quantitative estimate of drug-likeness (QED) is 0.761. The number of hydrogen-bond acceptors (Lipinski definition) is 3. The maximum absolute atomic E-state index is 11.0. The molecule has 6 heteroatoms. The third-order valence-corrected chi connectivity index (χ3v) is 4.10. The van der Waals surface area contributed by atoms with Gasteiger partial charge in [0.2, 0.25) is 0 Å². The maximum atomic E-state index is 11.0. The Kier molecular flexibility index (Phi) is 4.90. The average molecular weight is 416 g/mol. The van der Waals surface area contributed by atoms with Crippen LogP contribution in [-0.2, 0) is 0 Å². The number of carboxylic acids is 1. The van der Waals surface area contributed by atoms with Crippen LogP contribution in [0, 0.1) is 6.92 Å². The summed E-state index contributed by atoms with van der Waals surface area (Å²) >= 11 is 6.81. The van der Waals surface area contributed by atoms with Gasteiger partial charge in [0, 0.05) is 0 Å². The van der Waals surface area contributed by atoms with Crippen LogP contribution in [0.3, 0.4) is 0 Å².